The molecule has 1 rings (SSSR count). The molecule has 0 amide bonds. The minimum Gasteiger partial charge on any atom is -0.455 e. The first-order valence-corrected chi connectivity index (χ1v) is 6.74. The van der Waals surface area contributed by atoms with Gasteiger partial charge in [-0.15, -0.1) is 0 Å². The molecule has 0 aromatic heterocycles. The third-order valence-electron chi connectivity index (χ3n) is 2.99. The van der Waals surface area contributed by atoms with E-state index in [-0.39, 0.29) is 17.9 Å². The molecule has 19 heavy (non-hydrogen) atoms. The van der Waals surface area contributed by atoms with E-state index in [1.165, 1.54) is 31.1 Å². The highest BCUT2D eigenvalue weighted by atomic mass is 16.5. The lowest BCUT2D eigenvalue weighted by Crippen LogP contribution is -2.10. The van der Waals surface area contributed by atoms with E-state index in [9.17, 15) is 9.59 Å². The predicted octanol–water partition coefficient (Wildman–Crippen LogP) is 3.37. The number of esters is 1. The molecule has 0 aliphatic heterocycles. The van der Waals surface area contributed by atoms with Gasteiger partial charge in [0.15, 0.2) is 5.78 Å². The Hall–Kier alpha value is -1.64. The van der Waals surface area contributed by atoms with Crippen molar-refractivity contribution in [3.8, 4) is 0 Å². The van der Waals surface area contributed by atoms with Crippen LogP contribution in [0.15, 0.2) is 36.0 Å². The number of carbonyl (C=O) groups is 2. The van der Waals surface area contributed by atoms with Crippen molar-refractivity contribution in [2.75, 3.05) is 0 Å². The summed E-state index contributed by atoms with van der Waals surface area (Å²) in [5.41, 5.74) is 1.20. The molecule has 0 N–H and O–H groups in total. The summed E-state index contributed by atoms with van der Waals surface area (Å²) in [7, 11) is 0. The zero-order valence-corrected chi connectivity index (χ0v) is 11.9. The lowest BCUT2D eigenvalue weighted by Gasteiger charge is -2.16. The quantitative estimate of drug-likeness (QED) is 0.563. The smallest absolute Gasteiger partial charge is 0.331 e. The number of hydrogen-bond donors (Lipinski definition) is 0. The Morgan fingerprint density at radius 2 is 2.16 bits per heavy atom. The van der Waals surface area contributed by atoms with Gasteiger partial charge < -0.3 is 4.74 Å². The molecular formula is C16H22O3. The van der Waals surface area contributed by atoms with E-state index >= 15 is 0 Å². The van der Waals surface area contributed by atoms with Gasteiger partial charge in [-0.25, -0.2) is 4.79 Å². The van der Waals surface area contributed by atoms with E-state index in [0.29, 0.717) is 5.92 Å². The molecule has 2 atom stereocenters. The predicted molar refractivity (Wildman–Crippen MR) is 75.6 cm³/mol. The maximum atomic E-state index is 11.6. The fraction of sp³-hybridized carbons (Fsp3) is 0.500. The summed E-state index contributed by atoms with van der Waals surface area (Å²) < 4.78 is 5.13. The molecule has 0 bridgehead atoms. The molecule has 0 aromatic rings. The number of carbonyl (C=O) groups excluding carboxylic acids is 2. The van der Waals surface area contributed by atoms with Crippen LogP contribution in [0.2, 0.25) is 0 Å². The minimum absolute atomic E-state index is 0.0558. The highest BCUT2D eigenvalue weighted by molar-refractivity contribution is 5.87. The monoisotopic (exact) mass is 262 g/mol. The summed E-state index contributed by atoms with van der Waals surface area (Å²) >= 11 is 0. The van der Waals surface area contributed by atoms with Gasteiger partial charge in [0.25, 0.3) is 0 Å². The summed E-state index contributed by atoms with van der Waals surface area (Å²) in [5, 5.41) is 0. The van der Waals surface area contributed by atoms with Crippen LogP contribution in [0.25, 0.3) is 0 Å². The largest absolute Gasteiger partial charge is 0.455 e. The molecule has 3 heteroatoms. The van der Waals surface area contributed by atoms with Gasteiger partial charge in [-0.1, -0.05) is 24.6 Å². The lowest BCUT2D eigenvalue weighted by atomic mass is 9.90. The van der Waals surface area contributed by atoms with E-state index in [1.807, 2.05) is 6.08 Å². The number of allylic oxidation sites excluding steroid dienone is 4. The van der Waals surface area contributed by atoms with Crippen molar-refractivity contribution in [1.29, 1.82) is 0 Å². The van der Waals surface area contributed by atoms with Gasteiger partial charge in [-0.05, 0) is 51.2 Å². The van der Waals surface area contributed by atoms with Crippen molar-refractivity contribution in [3.05, 3.63) is 36.0 Å². The normalized spacial score (nSPS) is 21.4. The fourth-order valence-corrected chi connectivity index (χ4v) is 1.98. The fourth-order valence-electron chi connectivity index (χ4n) is 1.98. The molecule has 1 aliphatic rings. The van der Waals surface area contributed by atoms with Gasteiger partial charge in [0, 0.05) is 6.08 Å². The van der Waals surface area contributed by atoms with E-state index in [1.54, 1.807) is 13.0 Å². The summed E-state index contributed by atoms with van der Waals surface area (Å²) in [4.78, 5) is 22.3. The van der Waals surface area contributed by atoms with Crippen LogP contribution >= 0.6 is 0 Å². The van der Waals surface area contributed by atoms with Gasteiger partial charge >= 0.3 is 5.97 Å². The Labute approximate surface area is 115 Å². The van der Waals surface area contributed by atoms with Crippen LogP contribution in [-0.2, 0) is 14.3 Å². The van der Waals surface area contributed by atoms with Gasteiger partial charge in [0.1, 0.15) is 6.10 Å². The maximum absolute atomic E-state index is 11.6. The van der Waals surface area contributed by atoms with Gasteiger partial charge in [-0.2, -0.15) is 0 Å². The third-order valence-corrected chi connectivity index (χ3v) is 2.99. The Morgan fingerprint density at radius 1 is 1.42 bits per heavy atom. The molecule has 104 valence electrons. The first kappa shape index (κ1) is 15.4. The summed E-state index contributed by atoms with van der Waals surface area (Å²) in [6, 6.07) is 0. The highest BCUT2D eigenvalue weighted by Gasteiger charge is 2.09. The molecule has 0 saturated heterocycles. The molecule has 3 nitrogen and oxygen atoms in total. The molecular weight excluding hydrogens is 240 g/mol. The van der Waals surface area contributed by atoms with Crippen LogP contribution in [-0.4, -0.2) is 17.9 Å². The summed E-state index contributed by atoms with van der Waals surface area (Å²) in [6.45, 7) is 5.41. The standard InChI is InChI=1S/C16H22O3/c1-12-5-4-6-15(11-12)9-10-16(18)19-14(3)8-7-13(2)17/h6-10,12,14H,4-5,11H2,1-3H3/b8-7-,10-9+/t12-,14-/m1/s1. The van der Waals surface area contributed by atoms with Crippen molar-refractivity contribution in [1.82, 2.24) is 0 Å². The summed E-state index contributed by atoms with van der Waals surface area (Å²) in [6.07, 6.45) is 11.4. The van der Waals surface area contributed by atoms with E-state index < -0.39 is 0 Å². The van der Waals surface area contributed by atoms with Crippen LogP contribution in [0.3, 0.4) is 0 Å². The number of ether oxygens (including phenoxy) is 1. The van der Waals surface area contributed by atoms with Crippen molar-refractivity contribution >= 4 is 11.8 Å². The van der Waals surface area contributed by atoms with E-state index in [0.717, 1.165) is 12.8 Å². The lowest BCUT2D eigenvalue weighted by molar-refractivity contribution is -0.140. The summed E-state index contributed by atoms with van der Waals surface area (Å²) in [5.74, 6) is 0.248. The van der Waals surface area contributed by atoms with Gasteiger partial charge in [-0.3, -0.25) is 4.79 Å². The zero-order valence-electron chi connectivity index (χ0n) is 11.9. The molecule has 0 radical (unpaired) electrons. The van der Waals surface area contributed by atoms with Crippen molar-refractivity contribution in [3.63, 3.8) is 0 Å². The van der Waals surface area contributed by atoms with Crippen molar-refractivity contribution in [2.45, 2.75) is 46.1 Å². The SMILES string of the molecule is CC(=O)/C=C\[C@@H](C)OC(=O)/C=C/C1=CCC[C@@H](C)C1. The second-order valence-electron chi connectivity index (χ2n) is 5.11. The Balaban J connectivity index is 2.42. The molecule has 0 saturated carbocycles. The number of hydrogen-bond acceptors (Lipinski definition) is 3. The van der Waals surface area contributed by atoms with Gasteiger partial charge in [0.05, 0.1) is 0 Å². The van der Waals surface area contributed by atoms with E-state index in [4.69, 9.17) is 4.74 Å². The highest BCUT2D eigenvalue weighted by Crippen LogP contribution is 2.23. The second kappa shape index (κ2) is 7.72. The molecule has 0 spiro atoms. The minimum atomic E-state index is -0.389. The molecule has 1 aliphatic carbocycles. The van der Waals surface area contributed by atoms with Crippen LogP contribution in [0.5, 0.6) is 0 Å². The zero-order chi connectivity index (χ0) is 14.3. The van der Waals surface area contributed by atoms with Crippen molar-refractivity contribution < 1.29 is 14.3 Å². The average Bonchev–Trinajstić information content (AvgIpc) is 2.34. The average molecular weight is 262 g/mol. The third kappa shape index (κ3) is 6.75. The Bertz CT molecular complexity index is 416. The van der Waals surface area contributed by atoms with Gasteiger partial charge in [0.2, 0.25) is 0 Å². The molecule has 0 fully saturated rings. The first-order chi connectivity index (χ1) is 8.97. The molecule has 0 unspecified atom stereocenters. The Morgan fingerprint density at radius 3 is 2.79 bits per heavy atom. The van der Waals surface area contributed by atoms with Crippen LogP contribution in [0.4, 0.5) is 0 Å². The second-order valence-corrected chi connectivity index (χ2v) is 5.11. The van der Waals surface area contributed by atoms with E-state index in [2.05, 4.69) is 13.0 Å². The van der Waals surface area contributed by atoms with Crippen LogP contribution < -0.4 is 0 Å². The topological polar surface area (TPSA) is 43.4 Å². The van der Waals surface area contributed by atoms with Crippen LogP contribution in [0, 0.1) is 5.92 Å². The number of ketones is 1. The number of rotatable bonds is 5. The van der Waals surface area contributed by atoms with Crippen LogP contribution in [0.1, 0.15) is 40.0 Å². The van der Waals surface area contributed by atoms with Crippen molar-refractivity contribution in [2.24, 2.45) is 5.92 Å². The molecule has 0 aromatic carbocycles. The first-order valence-electron chi connectivity index (χ1n) is 6.74. The molecule has 0 heterocycles. The maximum Gasteiger partial charge on any atom is 0.331 e. The Kier molecular flexibility index (Phi) is 6.26.